The molecule has 1 spiro atoms. The number of carboxylic acids is 1. The van der Waals surface area contributed by atoms with Crippen LogP contribution >= 0.6 is 0 Å². The molecule has 0 atom stereocenters. The van der Waals surface area contributed by atoms with Gasteiger partial charge in [0.05, 0.1) is 23.9 Å². The van der Waals surface area contributed by atoms with Crippen molar-refractivity contribution in [2.45, 2.75) is 45.8 Å². The number of rotatable bonds is 5. The number of nitroso groups, excluding NO2 is 1. The SMILES string of the molecule is C=O.CC.NN=O.O=C(O)c1ccccc1Cn1cc(C(=O)N2CCC3(C2)CN(C(=O)C2(C(F)(F)F)CC2)C3)cn1. The summed E-state index contributed by atoms with van der Waals surface area (Å²) < 4.78 is 41.3. The number of alkyl halides is 3. The molecule has 3 heterocycles. The molecule has 2 amide bonds. The Hall–Kier alpha value is -4.30. The number of halogens is 3. The van der Waals surface area contributed by atoms with Gasteiger partial charge in [-0.1, -0.05) is 32.0 Å². The molecule has 1 aliphatic carbocycles. The molecule has 1 aromatic heterocycles. The maximum atomic E-state index is 13.3. The summed E-state index contributed by atoms with van der Waals surface area (Å²) in [6.45, 7) is 7.50. The second-order valence-corrected chi connectivity index (χ2v) is 9.71. The van der Waals surface area contributed by atoms with Gasteiger partial charge < -0.3 is 19.7 Å². The van der Waals surface area contributed by atoms with E-state index in [0.29, 0.717) is 30.6 Å². The molecule has 2 aromatic rings. The van der Waals surface area contributed by atoms with Crippen LogP contribution in [0.2, 0.25) is 0 Å². The summed E-state index contributed by atoms with van der Waals surface area (Å²) in [5, 5.41) is 15.3. The summed E-state index contributed by atoms with van der Waals surface area (Å²) in [5.74, 6) is 1.80. The van der Waals surface area contributed by atoms with Gasteiger partial charge in [0, 0.05) is 43.1 Å². The number of hydrogen-bond acceptors (Lipinski definition) is 7. The Kier molecular flexibility index (Phi) is 10.7. The predicted octanol–water partition coefficient (Wildman–Crippen LogP) is 3.11. The minimum Gasteiger partial charge on any atom is -0.478 e. The Morgan fingerprint density at radius 1 is 1.07 bits per heavy atom. The molecule has 0 radical (unpaired) electrons. The summed E-state index contributed by atoms with van der Waals surface area (Å²) in [6, 6.07) is 6.55. The fourth-order valence-corrected chi connectivity index (χ4v) is 5.10. The van der Waals surface area contributed by atoms with Crippen LogP contribution in [0.5, 0.6) is 0 Å². The van der Waals surface area contributed by atoms with Crippen LogP contribution in [0.3, 0.4) is 0 Å². The molecule has 5 rings (SSSR count). The van der Waals surface area contributed by atoms with Crippen molar-refractivity contribution in [1.82, 2.24) is 19.6 Å². The van der Waals surface area contributed by atoms with Gasteiger partial charge in [-0.3, -0.25) is 20.1 Å². The molecule has 41 heavy (non-hydrogen) atoms. The number of carboxylic acid groups (broad SMARTS) is 1. The molecule has 3 N–H and O–H groups in total. The average molecular weight is 583 g/mol. The lowest BCUT2D eigenvalue weighted by molar-refractivity contribution is -0.204. The summed E-state index contributed by atoms with van der Waals surface area (Å²) in [6.07, 6.45) is -1.21. The third kappa shape index (κ3) is 6.89. The molecule has 1 aromatic carbocycles. The molecule has 15 heteroatoms. The van der Waals surface area contributed by atoms with E-state index in [1.54, 1.807) is 34.6 Å². The van der Waals surface area contributed by atoms with Crippen LogP contribution in [0.4, 0.5) is 13.2 Å². The number of aromatic nitrogens is 2. The normalized spacial score (nSPS) is 17.4. The molecule has 224 valence electrons. The molecule has 3 fully saturated rings. The molecule has 1 saturated carbocycles. The first-order valence-electron chi connectivity index (χ1n) is 12.8. The molecule has 2 saturated heterocycles. The van der Waals surface area contributed by atoms with Crippen LogP contribution in [0.1, 0.15) is 59.4 Å². The Labute approximate surface area is 234 Å². The van der Waals surface area contributed by atoms with Gasteiger partial charge in [0.15, 0.2) is 0 Å². The maximum absolute atomic E-state index is 13.3. The lowest BCUT2D eigenvalue weighted by Crippen LogP contribution is -2.62. The highest BCUT2D eigenvalue weighted by atomic mass is 19.4. The van der Waals surface area contributed by atoms with E-state index in [4.69, 9.17) is 9.70 Å². The molecule has 0 unspecified atom stereocenters. The van der Waals surface area contributed by atoms with Gasteiger partial charge in [-0.25, -0.2) is 4.79 Å². The number of nitrogens with two attached hydrogens (primary N) is 1. The lowest BCUT2D eigenvalue weighted by atomic mass is 9.78. The van der Waals surface area contributed by atoms with Gasteiger partial charge in [-0.15, -0.1) is 4.91 Å². The third-order valence-electron chi connectivity index (χ3n) is 7.23. The Bertz CT molecular complexity index is 1240. The van der Waals surface area contributed by atoms with Crippen LogP contribution in [0.25, 0.3) is 0 Å². The van der Waals surface area contributed by atoms with Crippen molar-refractivity contribution >= 4 is 24.6 Å². The summed E-state index contributed by atoms with van der Waals surface area (Å²) in [7, 11) is 0. The smallest absolute Gasteiger partial charge is 0.403 e. The number of aromatic carboxylic acids is 1. The fourth-order valence-electron chi connectivity index (χ4n) is 5.10. The number of nitrogens with zero attached hydrogens (tertiary/aromatic N) is 5. The van der Waals surface area contributed by atoms with Crippen molar-refractivity contribution in [2.24, 2.45) is 22.0 Å². The first-order chi connectivity index (χ1) is 19.4. The highest BCUT2D eigenvalue weighted by molar-refractivity contribution is 5.94. The van der Waals surface area contributed by atoms with E-state index < -0.39 is 23.5 Å². The minimum atomic E-state index is -4.52. The van der Waals surface area contributed by atoms with Gasteiger partial charge in [0.25, 0.3) is 5.91 Å². The number of likely N-dealkylation sites (tertiary alicyclic amines) is 2. The summed E-state index contributed by atoms with van der Waals surface area (Å²) >= 11 is 0. The van der Waals surface area contributed by atoms with Crippen LogP contribution in [-0.4, -0.2) is 81.6 Å². The zero-order valence-electron chi connectivity index (χ0n) is 22.8. The summed E-state index contributed by atoms with van der Waals surface area (Å²) in [5.41, 5.74) is -1.48. The number of hydrogen-bond donors (Lipinski definition) is 2. The molecular weight excluding hydrogens is 549 g/mol. The van der Waals surface area contributed by atoms with Gasteiger partial charge in [0.1, 0.15) is 12.2 Å². The van der Waals surface area contributed by atoms with Crippen LogP contribution in [0.15, 0.2) is 41.9 Å². The maximum Gasteiger partial charge on any atom is 0.403 e. The van der Waals surface area contributed by atoms with E-state index in [0.717, 1.165) is 0 Å². The highest BCUT2D eigenvalue weighted by Crippen LogP contribution is 2.59. The van der Waals surface area contributed by atoms with Crippen molar-refractivity contribution < 1.29 is 37.5 Å². The number of amides is 2. The second kappa shape index (κ2) is 13.4. The van der Waals surface area contributed by atoms with Crippen molar-refractivity contribution in [1.29, 1.82) is 0 Å². The van der Waals surface area contributed by atoms with Gasteiger partial charge in [0.2, 0.25) is 5.91 Å². The topological polar surface area (TPSA) is 168 Å². The first kappa shape index (κ1) is 32.9. The molecule has 0 bridgehead atoms. The lowest BCUT2D eigenvalue weighted by Gasteiger charge is -2.49. The van der Waals surface area contributed by atoms with E-state index in [-0.39, 0.29) is 49.4 Å². The number of carbonyl (C=O) groups is 4. The van der Waals surface area contributed by atoms with Crippen LogP contribution in [-0.2, 0) is 16.1 Å². The minimum absolute atomic E-state index is 0.148. The van der Waals surface area contributed by atoms with Crippen molar-refractivity contribution in [2.75, 3.05) is 26.2 Å². The van der Waals surface area contributed by atoms with Crippen LogP contribution in [0, 0.1) is 15.7 Å². The molecular formula is C26H33F3N6O6. The number of carbonyl (C=O) groups excluding carboxylic acids is 3. The van der Waals surface area contributed by atoms with Gasteiger partial charge in [-0.05, 0) is 30.9 Å². The van der Waals surface area contributed by atoms with E-state index >= 15 is 0 Å². The zero-order valence-corrected chi connectivity index (χ0v) is 22.8. The second-order valence-electron chi connectivity index (χ2n) is 9.71. The van der Waals surface area contributed by atoms with Crippen molar-refractivity contribution in [3.05, 3.63) is 58.3 Å². The quantitative estimate of drug-likeness (QED) is 0.308. The largest absolute Gasteiger partial charge is 0.478 e. The van der Waals surface area contributed by atoms with E-state index in [2.05, 4.69) is 10.9 Å². The van der Waals surface area contributed by atoms with E-state index in [1.807, 2.05) is 20.6 Å². The molecule has 2 aliphatic heterocycles. The van der Waals surface area contributed by atoms with E-state index in [9.17, 15) is 32.7 Å². The Morgan fingerprint density at radius 3 is 2.17 bits per heavy atom. The van der Waals surface area contributed by atoms with Crippen molar-refractivity contribution in [3.63, 3.8) is 0 Å². The van der Waals surface area contributed by atoms with Crippen molar-refractivity contribution in [3.8, 4) is 0 Å². The third-order valence-corrected chi connectivity index (χ3v) is 7.23. The summed E-state index contributed by atoms with van der Waals surface area (Å²) in [4.78, 5) is 56.1. The fraction of sp³-hybridized carbons (Fsp3) is 0.500. The first-order valence-corrected chi connectivity index (χ1v) is 12.8. The van der Waals surface area contributed by atoms with E-state index in [1.165, 1.54) is 21.8 Å². The number of benzene rings is 1. The zero-order chi connectivity index (χ0) is 31.0. The highest BCUT2D eigenvalue weighted by Gasteiger charge is 2.70. The molecule has 3 aliphatic rings. The van der Waals surface area contributed by atoms with Crippen LogP contribution < -0.4 is 5.84 Å². The Balaban J connectivity index is 0.000000775. The Morgan fingerprint density at radius 2 is 1.63 bits per heavy atom. The standard InChI is InChI=1S/C23H23F3N4O4.C2H6.CH2O.H2N2O/c24-23(25,26)22(5-6-22)20(34)29-13-21(14-29)7-8-28(12-21)18(31)16-9-27-30(11-16)10-15-3-1-2-4-17(15)19(32)33;2*1-2;1-2-3/h1-4,9,11H,5-8,10,12-14H2,(H,32,33);1-2H3;1H2;(H2,1,3). The molecule has 12 nitrogen and oxygen atoms in total. The average Bonchev–Trinajstić information content (AvgIpc) is 3.44. The van der Waals surface area contributed by atoms with Gasteiger partial charge >= 0.3 is 12.1 Å². The van der Waals surface area contributed by atoms with Gasteiger partial charge in [-0.2, -0.15) is 18.3 Å². The predicted molar refractivity (Wildman–Crippen MR) is 140 cm³/mol. The monoisotopic (exact) mass is 582 g/mol.